The van der Waals surface area contributed by atoms with Crippen molar-refractivity contribution in [1.29, 1.82) is 0 Å². The topological polar surface area (TPSA) is 106 Å². The van der Waals surface area contributed by atoms with Crippen molar-refractivity contribution in [3.8, 4) is 5.88 Å². The molecule has 0 aliphatic heterocycles. The fourth-order valence-electron chi connectivity index (χ4n) is 1.41. The van der Waals surface area contributed by atoms with Gasteiger partial charge in [0.15, 0.2) is 0 Å². The van der Waals surface area contributed by atoms with Gasteiger partial charge in [0, 0.05) is 6.20 Å². The highest BCUT2D eigenvalue weighted by atomic mass is 32.2. The lowest BCUT2D eigenvalue weighted by atomic mass is 10.4. The van der Waals surface area contributed by atoms with Crippen LogP contribution in [0, 0.1) is 0 Å². The number of rotatable bonds is 5. The van der Waals surface area contributed by atoms with Gasteiger partial charge in [0.25, 0.3) is 10.0 Å². The zero-order valence-corrected chi connectivity index (χ0v) is 11.9. The smallest absolute Gasteiger partial charge is 0.345 e. The summed E-state index contributed by atoms with van der Waals surface area (Å²) >= 11 is 0.669. The first-order valence-electron chi connectivity index (χ1n) is 5.29. The lowest BCUT2D eigenvalue weighted by Crippen LogP contribution is -2.12. The van der Waals surface area contributed by atoms with Crippen LogP contribution in [0.15, 0.2) is 34.7 Å². The van der Waals surface area contributed by atoms with Gasteiger partial charge in [-0.3, -0.25) is 4.72 Å². The molecular formula is C11H10N2O5S2. The maximum absolute atomic E-state index is 12.1. The SMILES string of the molecule is COc1ncccc1NS(=O)(=O)c1ccc(C(=O)O)s1. The zero-order valence-electron chi connectivity index (χ0n) is 10.2. The first-order chi connectivity index (χ1) is 9.44. The van der Waals surface area contributed by atoms with Gasteiger partial charge in [0.1, 0.15) is 14.8 Å². The molecule has 0 aliphatic rings. The molecule has 7 nitrogen and oxygen atoms in total. The van der Waals surface area contributed by atoms with Crippen LogP contribution in [0.5, 0.6) is 5.88 Å². The Labute approximate surface area is 118 Å². The van der Waals surface area contributed by atoms with Gasteiger partial charge < -0.3 is 9.84 Å². The number of aromatic carboxylic acids is 1. The lowest BCUT2D eigenvalue weighted by Gasteiger charge is -2.09. The Kier molecular flexibility index (Phi) is 3.91. The van der Waals surface area contributed by atoms with E-state index in [1.54, 1.807) is 6.07 Å². The fourth-order valence-corrected chi connectivity index (χ4v) is 3.61. The van der Waals surface area contributed by atoms with Gasteiger partial charge in [-0.15, -0.1) is 11.3 Å². The maximum atomic E-state index is 12.1. The van der Waals surface area contributed by atoms with Crippen LogP contribution in [0.2, 0.25) is 0 Å². The number of nitrogens with zero attached hydrogens (tertiary/aromatic N) is 1. The van der Waals surface area contributed by atoms with E-state index in [1.165, 1.54) is 31.5 Å². The normalized spacial score (nSPS) is 11.1. The number of ether oxygens (including phenoxy) is 1. The van der Waals surface area contributed by atoms with E-state index in [1.807, 2.05) is 0 Å². The van der Waals surface area contributed by atoms with Crippen LogP contribution < -0.4 is 9.46 Å². The van der Waals surface area contributed by atoms with Gasteiger partial charge in [-0.1, -0.05) is 0 Å². The Balaban J connectivity index is 2.33. The predicted molar refractivity (Wildman–Crippen MR) is 72.9 cm³/mol. The summed E-state index contributed by atoms with van der Waals surface area (Å²) in [6.07, 6.45) is 1.46. The van der Waals surface area contributed by atoms with Crippen molar-refractivity contribution in [2.75, 3.05) is 11.8 Å². The Bertz CT molecular complexity index is 739. The Morgan fingerprint density at radius 1 is 1.40 bits per heavy atom. The molecule has 0 unspecified atom stereocenters. The number of thiophene rings is 1. The van der Waals surface area contributed by atoms with E-state index in [2.05, 4.69) is 9.71 Å². The highest BCUT2D eigenvalue weighted by molar-refractivity contribution is 7.94. The minimum absolute atomic E-state index is 0.0523. The van der Waals surface area contributed by atoms with Crippen LogP contribution in [0.25, 0.3) is 0 Å². The lowest BCUT2D eigenvalue weighted by molar-refractivity contribution is 0.0702. The second kappa shape index (κ2) is 5.47. The van der Waals surface area contributed by atoms with Gasteiger partial charge in [-0.05, 0) is 24.3 Å². The molecule has 0 fully saturated rings. The quantitative estimate of drug-likeness (QED) is 0.869. The number of nitrogens with one attached hydrogen (secondary N) is 1. The number of carbonyl (C=O) groups is 1. The highest BCUT2D eigenvalue weighted by Gasteiger charge is 2.20. The molecule has 2 N–H and O–H groups in total. The monoisotopic (exact) mass is 314 g/mol. The standard InChI is InChI=1S/C11H10N2O5S2/c1-18-10-7(3-2-6-12-10)13-20(16,17)9-5-4-8(19-9)11(14)15/h2-6,13H,1H3,(H,14,15). The molecule has 2 aromatic heterocycles. The molecule has 0 saturated heterocycles. The van der Waals surface area contributed by atoms with E-state index in [9.17, 15) is 13.2 Å². The van der Waals surface area contributed by atoms with Crippen LogP contribution in [-0.4, -0.2) is 31.6 Å². The summed E-state index contributed by atoms with van der Waals surface area (Å²) in [4.78, 5) is 14.6. The Hall–Kier alpha value is -2.13. The summed E-state index contributed by atoms with van der Waals surface area (Å²) < 4.78 is 31.4. The van der Waals surface area contributed by atoms with Crippen molar-refractivity contribution >= 4 is 33.0 Å². The van der Waals surface area contributed by atoms with Gasteiger partial charge in [0.05, 0.1) is 7.11 Å². The van der Waals surface area contributed by atoms with E-state index in [-0.39, 0.29) is 20.7 Å². The van der Waals surface area contributed by atoms with Crippen LogP contribution in [0.4, 0.5) is 5.69 Å². The van der Waals surface area contributed by atoms with Crippen molar-refractivity contribution in [1.82, 2.24) is 4.98 Å². The van der Waals surface area contributed by atoms with Crippen LogP contribution in [-0.2, 0) is 10.0 Å². The first-order valence-corrected chi connectivity index (χ1v) is 7.59. The summed E-state index contributed by atoms with van der Waals surface area (Å²) in [5, 5.41) is 8.80. The number of pyridine rings is 1. The molecule has 0 spiro atoms. The second-order valence-electron chi connectivity index (χ2n) is 3.59. The molecule has 20 heavy (non-hydrogen) atoms. The third-order valence-electron chi connectivity index (χ3n) is 2.27. The van der Waals surface area contributed by atoms with Gasteiger partial charge >= 0.3 is 5.97 Å². The molecule has 0 aliphatic carbocycles. The van der Waals surface area contributed by atoms with Crippen molar-refractivity contribution < 1.29 is 23.1 Å². The van der Waals surface area contributed by atoms with Crippen LogP contribution in [0.3, 0.4) is 0 Å². The first kappa shape index (κ1) is 14.3. The molecule has 2 heterocycles. The van der Waals surface area contributed by atoms with Crippen molar-refractivity contribution in [2.45, 2.75) is 4.21 Å². The molecular weight excluding hydrogens is 304 g/mol. The number of anilines is 1. The number of hydrogen-bond acceptors (Lipinski definition) is 6. The molecule has 0 bridgehead atoms. The van der Waals surface area contributed by atoms with Gasteiger partial charge in [0.2, 0.25) is 5.88 Å². The molecule has 2 rings (SSSR count). The zero-order chi connectivity index (χ0) is 14.8. The molecule has 2 aromatic rings. The average molecular weight is 314 g/mol. The number of carboxylic acids is 1. The summed E-state index contributed by atoms with van der Waals surface area (Å²) in [6, 6.07) is 5.52. The average Bonchev–Trinajstić information content (AvgIpc) is 2.89. The molecule has 0 radical (unpaired) electrons. The third-order valence-corrected chi connectivity index (χ3v) is 5.20. The molecule has 9 heteroatoms. The summed E-state index contributed by atoms with van der Waals surface area (Å²) in [5.41, 5.74) is 0.181. The Morgan fingerprint density at radius 3 is 2.75 bits per heavy atom. The second-order valence-corrected chi connectivity index (χ2v) is 6.58. The summed E-state index contributed by atoms with van der Waals surface area (Å²) in [7, 11) is -2.50. The van der Waals surface area contributed by atoms with Crippen molar-refractivity contribution in [2.24, 2.45) is 0 Å². The van der Waals surface area contributed by atoms with Crippen LogP contribution >= 0.6 is 11.3 Å². The third kappa shape index (κ3) is 2.89. The van der Waals surface area contributed by atoms with E-state index < -0.39 is 16.0 Å². The number of sulfonamides is 1. The molecule has 0 amide bonds. The number of aromatic nitrogens is 1. The van der Waals surface area contributed by atoms with E-state index in [0.717, 1.165) is 0 Å². The van der Waals surface area contributed by atoms with Gasteiger partial charge in [-0.25, -0.2) is 18.2 Å². The van der Waals surface area contributed by atoms with E-state index in [0.29, 0.717) is 11.3 Å². The Morgan fingerprint density at radius 2 is 2.15 bits per heavy atom. The predicted octanol–water partition coefficient (Wildman–Crippen LogP) is 1.65. The highest BCUT2D eigenvalue weighted by Crippen LogP contribution is 2.27. The molecule has 106 valence electrons. The number of hydrogen-bond donors (Lipinski definition) is 2. The van der Waals surface area contributed by atoms with Crippen LogP contribution in [0.1, 0.15) is 9.67 Å². The molecule has 0 saturated carbocycles. The van der Waals surface area contributed by atoms with E-state index >= 15 is 0 Å². The van der Waals surface area contributed by atoms with Gasteiger partial charge in [-0.2, -0.15) is 0 Å². The number of carboxylic acid groups (broad SMARTS) is 1. The maximum Gasteiger partial charge on any atom is 0.345 e. The number of methoxy groups -OCH3 is 1. The molecule has 0 aromatic carbocycles. The minimum atomic E-state index is -3.87. The molecule has 0 atom stereocenters. The fraction of sp³-hybridized carbons (Fsp3) is 0.0909. The summed E-state index contributed by atoms with van der Waals surface area (Å²) in [6.45, 7) is 0. The van der Waals surface area contributed by atoms with E-state index in [4.69, 9.17) is 9.84 Å². The summed E-state index contributed by atoms with van der Waals surface area (Å²) in [5.74, 6) is -1.04. The minimum Gasteiger partial charge on any atom is -0.480 e. The largest absolute Gasteiger partial charge is 0.480 e. The van der Waals surface area contributed by atoms with Crippen molar-refractivity contribution in [3.63, 3.8) is 0 Å². The van der Waals surface area contributed by atoms with Crippen molar-refractivity contribution in [3.05, 3.63) is 35.3 Å².